The Kier molecular flexibility index (Phi) is 5.40. The summed E-state index contributed by atoms with van der Waals surface area (Å²) < 4.78 is 4.47. The molecule has 0 aliphatic rings. The first-order valence-corrected chi connectivity index (χ1v) is 14.6. The van der Waals surface area contributed by atoms with Crippen molar-refractivity contribution in [3.63, 3.8) is 0 Å². The molecule has 0 spiro atoms. The van der Waals surface area contributed by atoms with Crippen molar-refractivity contribution in [2.24, 2.45) is 0 Å². The van der Waals surface area contributed by atoms with Gasteiger partial charge in [-0.1, -0.05) is 78.9 Å². The first-order chi connectivity index (χ1) is 21.8. The Hall–Kier alpha value is -6.14. The summed E-state index contributed by atoms with van der Waals surface area (Å²) in [5.74, 6) is 1.64. The maximum absolute atomic E-state index is 5.04. The third-order valence-corrected chi connectivity index (χ3v) is 8.32. The molecule has 0 fully saturated rings. The standard InChI is InChI=1S/C38H24N6/c1-3-10-25(11-4-1)27-17-20-39-33(22-27)43-31-15-8-7-14-29(31)30-24-42-36-35-32(16-9-19-41-35)44(38(36)37(30)43)34-23-28(18-21-40-34)26-12-5-2-6-13-26/h1-24H. The van der Waals surface area contributed by atoms with Gasteiger partial charge in [-0.15, -0.1) is 0 Å². The smallest absolute Gasteiger partial charge is 0.138 e. The molecule has 6 heteroatoms. The van der Waals surface area contributed by atoms with Crippen molar-refractivity contribution >= 4 is 43.9 Å². The van der Waals surface area contributed by atoms with Crippen LogP contribution < -0.4 is 0 Å². The number of benzene rings is 3. The number of rotatable bonds is 4. The zero-order chi connectivity index (χ0) is 29.0. The third-order valence-electron chi connectivity index (χ3n) is 8.32. The summed E-state index contributed by atoms with van der Waals surface area (Å²) >= 11 is 0. The molecule has 3 aromatic carbocycles. The molecule has 0 saturated heterocycles. The van der Waals surface area contributed by atoms with Crippen LogP contribution in [-0.4, -0.2) is 29.1 Å². The summed E-state index contributed by atoms with van der Waals surface area (Å²) in [7, 11) is 0. The highest BCUT2D eigenvalue weighted by Gasteiger charge is 2.23. The highest BCUT2D eigenvalue weighted by atomic mass is 15.1. The zero-order valence-electron chi connectivity index (χ0n) is 23.5. The highest BCUT2D eigenvalue weighted by Crippen LogP contribution is 2.40. The van der Waals surface area contributed by atoms with Crippen LogP contribution in [0.4, 0.5) is 0 Å². The summed E-state index contributed by atoms with van der Waals surface area (Å²) in [4.78, 5) is 19.7. The van der Waals surface area contributed by atoms with Crippen molar-refractivity contribution in [1.82, 2.24) is 29.1 Å². The average Bonchev–Trinajstić information content (AvgIpc) is 3.62. The topological polar surface area (TPSA) is 61.4 Å². The number of hydrogen-bond donors (Lipinski definition) is 0. The summed E-state index contributed by atoms with van der Waals surface area (Å²) in [5.41, 5.74) is 10.1. The lowest BCUT2D eigenvalue weighted by atomic mass is 10.1. The molecule has 0 aliphatic carbocycles. The van der Waals surface area contributed by atoms with E-state index in [1.807, 2.05) is 43.0 Å². The Morgan fingerprint density at radius 2 is 0.977 bits per heavy atom. The van der Waals surface area contributed by atoms with E-state index >= 15 is 0 Å². The van der Waals surface area contributed by atoms with Gasteiger partial charge >= 0.3 is 0 Å². The van der Waals surface area contributed by atoms with Gasteiger partial charge in [-0.25, -0.2) is 9.97 Å². The predicted octanol–water partition coefficient (Wildman–Crippen LogP) is 8.79. The minimum absolute atomic E-state index is 0.802. The number of para-hydroxylation sites is 1. The molecule has 0 saturated carbocycles. The molecular formula is C38H24N6. The Bertz CT molecular complexity index is 2320. The molecule has 0 amide bonds. The monoisotopic (exact) mass is 564 g/mol. The Labute approximate surface area is 252 Å². The predicted molar refractivity (Wildman–Crippen MR) is 177 cm³/mol. The lowest BCUT2D eigenvalue weighted by Gasteiger charge is -2.12. The van der Waals surface area contributed by atoms with Crippen LogP contribution in [0.3, 0.4) is 0 Å². The van der Waals surface area contributed by atoms with Crippen molar-refractivity contribution < 1.29 is 0 Å². The highest BCUT2D eigenvalue weighted by molar-refractivity contribution is 6.21. The molecule has 0 N–H and O–H groups in total. The van der Waals surface area contributed by atoms with Crippen molar-refractivity contribution in [2.45, 2.75) is 0 Å². The molecule has 6 aromatic heterocycles. The van der Waals surface area contributed by atoms with Crippen molar-refractivity contribution in [2.75, 3.05) is 0 Å². The normalized spacial score (nSPS) is 11.6. The number of pyridine rings is 4. The molecule has 9 aromatic rings. The first-order valence-electron chi connectivity index (χ1n) is 14.6. The second-order valence-corrected chi connectivity index (χ2v) is 10.8. The van der Waals surface area contributed by atoms with Gasteiger partial charge in [-0.3, -0.25) is 19.1 Å². The molecule has 9 rings (SSSR count). The van der Waals surface area contributed by atoms with E-state index in [2.05, 4.69) is 112 Å². The average molecular weight is 565 g/mol. The van der Waals surface area contributed by atoms with E-state index in [0.717, 1.165) is 77.8 Å². The van der Waals surface area contributed by atoms with Gasteiger partial charge in [0.2, 0.25) is 0 Å². The maximum atomic E-state index is 5.04. The van der Waals surface area contributed by atoms with E-state index in [4.69, 9.17) is 19.9 Å². The van der Waals surface area contributed by atoms with E-state index in [9.17, 15) is 0 Å². The first kappa shape index (κ1) is 24.5. The minimum Gasteiger partial charge on any atom is -0.291 e. The molecule has 0 radical (unpaired) electrons. The van der Waals surface area contributed by atoms with E-state index in [1.165, 1.54) is 0 Å². The Morgan fingerprint density at radius 3 is 1.66 bits per heavy atom. The lowest BCUT2D eigenvalue weighted by Crippen LogP contribution is -2.02. The molecule has 0 atom stereocenters. The van der Waals surface area contributed by atoms with Gasteiger partial charge in [0.15, 0.2) is 0 Å². The second kappa shape index (κ2) is 9.71. The van der Waals surface area contributed by atoms with E-state index < -0.39 is 0 Å². The number of hydrogen-bond acceptors (Lipinski definition) is 4. The lowest BCUT2D eigenvalue weighted by molar-refractivity contribution is 1.06. The van der Waals surface area contributed by atoms with Crippen molar-refractivity contribution in [3.8, 4) is 33.9 Å². The molecule has 6 heterocycles. The third kappa shape index (κ3) is 3.68. The van der Waals surface area contributed by atoms with E-state index in [0.29, 0.717) is 0 Å². The molecular weight excluding hydrogens is 540 g/mol. The largest absolute Gasteiger partial charge is 0.291 e. The fraction of sp³-hybridized carbons (Fsp3) is 0. The van der Waals surface area contributed by atoms with Crippen LogP contribution in [0.2, 0.25) is 0 Å². The van der Waals surface area contributed by atoms with Gasteiger partial charge in [0, 0.05) is 35.6 Å². The molecule has 206 valence electrons. The molecule has 6 nitrogen and oxygen atoms in total. The van der Waals surface area contributed by atoms with Gasteiger partial charge in [0.1, 0.15) is 28.2 Å². The maximum Gasteiger partial charge on any atom is 0.138 e. The van der Waals surface area contributed by atoms with Crippen LogP contribution >= 0.6 is 0 Å². The number of fused-ring (bicyclic) bond motifs is 7. The van der Waals surface area contributed by atoms with Crippen molar-refractivity contribution in [3.05, 3.63) is 146 Å². The quantitative estimate of drug-likeness (QED) is 0.214. The summed E-state index contributed by atoms with van der Waals surface area (Å²) in [5, 5.41) is 2.16. The van der Waals surface area contributed by atoms with Crippen LogP contribution in [0.1, 0.15) is 0 Å². The second-order valence-electron chi connectivity index (χ2n) is 10.8. The summed E-state index contributed by atoms with van der Waals surface area (Å²) in [6.07, 6.45) is 7.56. The van der Waals surface area contributed by atoms with E-state index in [-0.39, 0.29) is 0 Å². The van der Waals surface area contributed by atoms with E-state index in [1.54, 1.807) is 0 Å². The zero-order valence-corrected chi connectivity index (χ0v) is 23.5. The molecule has 0 unspecified atom stereocenters. The van der Waals surface area contributed by atoms with Crippen LogP contribution in [0, 0.1) is 0 Å². The Balaban J connectivity index is 1.42. The SMILES string of the molecule is c1ccc(-c2ccnc(-n3c4ccccc4c4cnc5c6ncccc6n(-c6cc(-c7ccccc7)ccn6)c5c43)c2)cc1. The minimum atomic E-state index is 0.802. The Morgan fingerprint density at radius 1 is 0.386 bits per heavy atom. The van der Waals surface area contributed by atoms with Gasteiger partial charge in [0.25, 0.3) is 0 Å². The van der Waals surface area contributed by atoms with Crippen LogP contribution in [0.15, 0.2) is 146 Å². The van der Waals surface area contributed by atoms with Crippen LogP contribution in [-0.2, 0) is 0 Å². The van der Waals surface area contributed by atoms with Crippen LogP contribution in [0.25, 0.3) is 77.8 Å². The van der Waals surface area contributed by atoms with Gasteiger partial charge in [-0.05, 0) is 64.7 Å². The summed E-state index contributed by atoms with van der Waals surface area (Å²) in [6.45, 7) is 0. The fourth-order valence-electron chi connectivity index (χ4n) is 6.37. The van der Waals surface area contributed by atoms with Crippen molar-refractivity contribution in [1.29, 1.82) is 0 Å². The van der Waals surface area contributed by atoms with Gasteiger partial charge in [-0.2, -0.15) is 0 Å². The molecule has 44 heavy (non-hydrogen) atoms. The summed E-state index contributed by atoms with van der Waals surface area (Å²) in [6, 6.07) is 41.7. The van der Waals surface area contributed by atoms with Gasteiger partial charge in [0.05, 0.1) is 16.6 Å². The van der Waals surface area contributed by atoms with Gasteiger partial charge < -0.3 is 0 Å². The molecule has 0 bridgehead atoms. The fourth-order valence-corrected chi connectivity index (χ4v) is 6.37. The van der Waals surface area contributed by atoms with Crippen LogP contribution in [0.5, 0.6) is 0 Å². The number of aromatic nitrogens is 6. The number of nitrogens with zero attached hydrogens (tertiary/aromatic N) is 6. The molecule has 0 aliphatic heterocycles.